The molecular formula is C9H21NO4S2. The molecule has 0 saturated heterocycles. The maximum Gasteiger partial charge on any atom is 0.152 e. The summed E-state index contributed by atoms with van der Waals surface area (Å²) in [5.41, 5.74) is 5.53. The summed E-state index contributed by atoms with van der Waals surface area (Å²) < 4.78 is 45.7. The molecule has 0 saturated carbocycles. The van der Waals surface area contributed by atoms with Gasteiger partial charge in [0.2, 0.25) is 0 Å². The van der Waals surface area contributed by atoms with Crippen molar-refractivity contribution in [2.75, 3.05) is 23.0 Å². The van der Waals surface area contributed by atoms with Crippen LogP contribution in [-0.2, 0) is 19.7 Å². The zero-order chi connectivity index (χ0) is 12.8. The van der Waals surface area contributed by atoms with Crippen molar-refractivity contribution in [3.63, 3.8) is 0 Å². The van der Waals surface area contributed by atoms with E-state index >= 15 is 0 Å². The van der Waals surface area contributed by atoms with Gasteiger partial charge in [-0.25, -0.2) is 16.8 Å². The molecule has 0 aliphatic rings. The van der Waals surface area contributed by atoms with Gasteiger partial charge in [0.1, 0.15) is 0 Å². The number of rotatable bonds is 8. The topological polar surface area (TPSA) is 94.3 Å². The molecule has 0 aliphatic heterocycles. The molecule has 16 heavy (non-hydrogen) atoms. The van der Waals surface area contributed by atoms with Gasteiger partial charge in [-0.2, -0.15) is 0 Å². The fourth-order valence-electron chi connectivity index (χ4n) is 1.19. The van der Waals surface area contributed by atoms with Gasteiger partial charge in [0.15, 0.2) is 19.7 Å². The van der Waals surface area contributed by atoms with E-state index in [4.69, 9.17) is 5.73 Å². The first-order chi connectivity index (χ1) is 7.22. The van der Waals surface area contributed by atoms with Crippen LogP contribution < -0.4 is 5.73 Å². The second-order valence-electron chi connectivity index (χ2n) is 3.93. The average Bonchev–Trinajstić information content (AvgIpc) is 2.14. The molecule has 0 aromatic rings. The Morgan fingerprint density at radius 2 is 1.44 bits per heavy atom. The Bertz CT molecular complexity index is 386. The molecule has 0 aromatic carbocycles. The minimum atomic E-state index is -3.35. The van der Waals surface area contributed by atoms with E-state index in [1.165, 1.54) is 0 Å². The standard InChI is InChI=1S/C9H21NO4S2/c1-3-5-15(11,12)6-7-16(13,14)8-9(10)4-2/h9H,3-8,10H2,1-2H3. The largest absolute Gasteiger partial charge is 0.327 e. The first kappa shape index (κ1) is 15.9. The Kier molecular flexibility index (Phi) is 6.50. The predicted octanol–water partition coefficient (Wildman–Crippen LogP) is -0.0367. The van der Waals surface area contributed by atoms with Crippen molar-refractivity contribution in [3.05, 3.63) is 0 Å². The summed E-state index contributed by atoms with van der Waals surface area (Å²) in [6.45, 7) is 3.55. The molecule has 5 nitrogen and oxygen atoms in total. The third-order valence-corrected chi connectivity index (χ3v) is 6.09. The lowest BCUT2D eigenvalue weighted by Crippen LogP contribution is -2.32. The molecule has 0 aromatic heterocycles. The lowest BCUT2D eigenvalue weighted by Gasteiger charge is -2.09. The summed E-state index contributed by atoms with van der Waals surface area (Å²) in [7, 11) is -6.58. The molecule has 2 N–H and O–H groups in total. The molecule has 98 valence electrons. The van der Waals surface area contributed by atoms with Crippen LogP contribution in [0.2, 0.25) is 0 Å². The molecule has 0 amide bonds. The van der Waals surface area contributed by atoms with E-state index in [0.29, 0.717) is 12.8 Å². The van der Waals surface area contributed by atoms with Gasteiger partial charge in [-0.1, -0.05) is 13.8 Å². The first-order valence-corrected chi connectivity index (χ1v) is 9.03. The third kappa shape index (κ3) is 7.19. The zero-order valence-electron chi connectivity index (χ0n) is 9.85. The maximum atomic E-state index is 11.5. The lowest BCUT2D eigenvalue weighted by atomic mass is 10.3. The van der Waals surface area contributed by atoms with Gasteiger partial charge in [-0.3, -0.25) is 0 Å². The molecule has 0 radical (unpaired) electrons. The summed E-state index contributed by atoms with van der Waals surface area (Å²) in [6, 6.07) is -0.404. The van der Waals surface area contributed by atoms with Gasteiger partial charge in [-0.15, -0.1) is 0 Å². The van der Waals surface area contributed by atoms with Crippen LogP contribution in [-0.4, -0.2) is 45.9 Å². The fraction of sp³-hybridized carbons (Fsp3) is 1.00. The summed E-state index contributed by atoms with van der Waals surface area (Å²) in [5, 5.41) is 0. The van der Waals surface area contributed by atoms with Crippen LogP contribution in [0.1, 0.15) is 26.7 Å². The summed E-state index contributed by atoms with van der Waals surface area (Å²) in [4.78, 5) is 0. The summed E-state index contributed by atoms with van der Waals surface area (Å²) in [6.07, 6.45) is 1.08. The quantitative estimate of drug-likeness (QED) is 0.668. The van der Waals surface area contributed by atoms with Gasteiger partial charge >= 0.3 is 0 Å². The maximum absolute atomic E-state index is 11.5. The number of hydrogen-bond donors (Lipinski definition) is 1. The van der Waals surface area contributed by atoms with E-state index in [-0.39, 0.29) is 23.0 Å². The van der Waals surface area contributed by atoms with E-state index in [0.717, 1.165) is 0 Å². The first-order valence-electron chi connectivity index (χ1n) is 5.39. The number of sulfone groups is 2. The minimum Gasteiger partial charge on any atom is -0.327 e. The van der Waals surface area contributed by atoms with E-state index in [2.05, 4.69) is 0 Å². The van der Waals surface area contributed by atoms with Gasteiger partial charge in [0.25, 0.3) is 0 Å². The van der Waals surface area contributed by atoms with Crippen LogP contribution in [0.3, 0.4) is 0 Å². The van der Waals surface area contributed by atoms with Gasteiger partial charge < -0.3 is 5.73 Å². The zero-order valence-corrected chi connectivity index (χ0v) is 11.5. The highest BCUT2D eigenvalue weighted by Gasteiger charge is 2.19. The molecule has 0 bridgehead atoms. The summed E-state index contributed by atoms with van der Waals surface area (Å²) in [5.74, 6) is -0.698. The van der Waals surface area contributed by atoms with E-state index in [9.17, 15) is 16.8 Å². The number of hydrogen-bond acceptors (Lipinski definition) is 5. The van der Waals surface area contributed by atoms with E-state index < -0.39 is 25.7 Å². The van der Waals surface area contributed by atoms with Crippen molar-refractivity contribution in [2.24, 2.45) is 5.73 Å². The Morgan fingerprint density at radius 3 is 1.88 bits per heavy atom. The fourth-order valence-corrected chi connectivity index (χ4v) is 5.11. The minimum absolute atomic E-state index is 0.0440. The van der Waals surface area contributed by atoms with Crippen LogP contribution in [0.4, 0.5) is 0 Å². The second-order valence-corrected chi connectivity index (χ2v) is 8.47. The Balaban J connectivity index is 4.30. The average molecular weight is 271 g/mol. The molecule has 0 rings (SSSR count). The summed E-state index contributed by atoms with van der Waals surface area (Å²) >= 11 is 0. The highest BCUT2D eigenvalue weighted by molar-refractivity contribution is 7.95. The monoisotopic (exact) mass is 271 g/mol. The molecule has 1 unspecified atom stereocenters. The normalized spacial score (nSPS) is 14.9. The highest BCUT2D eigenvalue weighted by Crippen LogP contribution is 2.01. The van der Waals surface area contributed by atoms with Gasteiger partial charge in [-0.05, 0) is 12.8 Å². The lowest BCUT2D eigenvalue weighted by molar-refractivity contribution is 0.579. The second kappa shape index (κ2) is 6.56. The van der Waals surface area contributed by atoms with Crippen molar-refractivity contribution < 1.29 is 16.8 Å². The molecule has 0 heterocycles. The SMILES string of the molecule is CCCS(=O)(=O)CCS(=O)(=O)CC(N)CC. The molecule has 0 fully saturated rings. The van der Waals surface area contributed by atoms with Crippen LogP contribution >= 0.6 is 0 Å². The predicted molar refractivity (Wildman–Crippen MR) is 65.9 cm³/mol. The molecule has 0 aliphatic carbocycles. The van der Waals surface area contributed by atoms with E-state index in [1.807, 2.05) is 0 Å². The number of nitrogens with two attached hydrogens (primary N) is 1. The highest BCUT2D eigenvalue weighted by atomic mass is 32.2. The van der Waals surface area contributed by atoms with Crippen molar-refractivity contribution in [1.29, 1.82) is 0 Å². The molecule has 1 atom stereocenters. The molecule has 0 spiro atoms. The van der Waals surface area contributed by atoms with Crippen LogP contribution in [0, 0.1) is 0 Å². The van der Waals surface area contributed by atoms with Gasteiger partial charge in [0, 0.05) is 11.8 Å². The molecular weight excluding hydrogens is 250 g/mol. The van der Waals surface area contributed by atoms with Crippen LogP contribution in [0.25, 0.3) is 0 Å². The van der Waals surface area contributed by atoms with Crippen molar-refractivity contribution in [2.45, 2.75) is 32.7 Å². The smallest absolute Gasteiger partial charge is 0.152 e. The van der Waals surface area contributed by atoms with Crippen LogP contribution in [0.5, 0.6) is 0 Å². The van der Waals surface area contributed by atoms with Gasteiger partial charge in [0.05, 0.1) is 17.3 Å². The van der Waals surface area contributed by atoms with Crippen molar-refractivity contribution in [1.82, 2.24) is 0 Å². The molecule has 7 heteroatoms. The Morgan fingerprint density at radius 1 is 0.938 bits per heavy atom. The Hall–Kier alpha value is -0.140. The van der Waals surface area contributed by atoms with Crippen molar-refractivity contribution in [3.8, 4) is 0 Å². The third-order valence-electron chi connectivity index (χ3n) is 2.21. The van der Waals surface area contributed by atoms with Crippen LogP contribution in [0.15, 0.2) is 0 Å². The van der Waals surface area contributed by atoms with Crippen molar-refractivity contribution >= 4 is 19.7 Å². The Labute approximate surface area is 98.2 Å². The van der Waals surface area contributed by atoms with E-state index in [1.54, 1.807) is 13.8 Å².